The van der Waals surface area contributed by atoms with Gasteiger partial charge >= 0.3 is 12.1 Å². The molecule has 26 heavy (non-hydrogen) atoms. The van der Waals surface area contributed by atoms with Gasteiger partial charge in [0.15, 0.2) is 0 Å². The second-order valence-electron chi connectivity index (χ2n) is 6.79. The molecule has 5 nitrogen and oxygen atoms in total. The van der Waals surface area contributed by atoms with Gasteiger partial charge in [-0.3, -0.25) is 4.79 Å². The second kappa shape index (κ2) is 7.60. The van der Waals surface area contributed by atoms with Crippen molar-refractivity contribution in [1.29, 1.82) is 0 Å². The van der Waals surface area contributed by atoms with Crippen molar-refractivity contribution >= 4 is 12.1 Å². The summed E-state index contributed by atoms with van der Waals surface area (Å²) in [5.41, 5.74) is 4.11. The lowest BCUT2D eigenvalue weighted by atomic mass is 9.85. The van der Waals surface area contributed by atoms with E-state index in [1.54, 1.807) is 0 Å². The number of amides is 1. The Bertz CT molecular complexity index is 803. The Morgan fingerprint density at radius 3 is 2.50 bits per heavy atom. The molecule has 1 aliphatic rings. The van der Waals surface area contributed by atoms with Gasteiger partial charge in [0.2, 0.25) is 0 Å². The number of carbonyl (C=O) groups excluding carboxylic acids is 1. The molecule has 0 aliphatic carbocycles. The van der Waals surface area contributed by atoms with Crippen LogP contribution >= 0.6 is 0 Å². The molecule has 0 unspecified atom stereocenters. The molecule has 136 valence electrons. The topological polar surface area (TPSA) is 66.8 Å². The highest BCUT2D eigenvalue weighted by molar-refractivity contribution is 5.76. The fourth-order valence-corrected chi connectivity index (χ4v) is 3.50. The van der Waals surface area contributed by atoms with Crippen LogP contribution < -0.4 is 0 Å². The van der Waals surface area contributed by atoms with Crippen molar-refractivity contribution < 1.29 is 19.4 Å². The molecular formula is C21H23NO4. The predicted molar refractivity (Wildman–Crippen MR) is 98.0 cm³/mol. The molecule has 2 atom stereocenters. The molecule has 5 heteroatoms. The summed E-state index contributed by atoms with van der Waals surface area (Å²) in [4.78, 5) is 25.7. The highest BCUT2D eigenvalue weighted by Crippen LogP contribution is 2.35. The zero-order valence-electron chi connectivity index (χ0n) is 15.0. The molecule has 0 spiro atoms. The van der Waals surface area contributed by atoms with Crippen LogP contribution in [0.3, 0.4) is 0 Å². The number of carboxylic acid groups (broad SMARTS) is 1. The summed E-state index contributed by atoms with van der Waals surface area (Å²) in [6.07, 6.45) is -0.465. The highest BCUT2D eigenvalue weighted by Gasteiger charge is 2.41. The van der Waals surface area contributed by atoms with E-state index in [1.807, 2.05) is 62.4 Å². The fourth-order valence-electron chi connectivity index (χ4n) is 3.50. The van der Waals surface area contributed by atoms with E-state index in [0.717, 1.165) is 22.3 Å². The lowest BCUT2D eigenvalue weighted by Gasteiger charge is -2.19. The molecule has 1 fully saturated rings. The largest absolute Gasteiger partial charge is 0.481 e. The van der Waals surface area contributed by atoms with E-state index in [0.29, 0.717) is 6.54 Å². The van der Waals surface area contributed by atoms with Crippen LogP contribution in [0.2, 0.25) is 0 Å². The molecule has 0 bridgehead atoms. The fraction of sp³-hybridized carbons (Fsp3) is 0.333. The smallest absolute Gasteiger partial charge is 0.410 e. The van der Waals surface area contributed by atoms with Crippen LogP contribution in [0.1, 0.15) is 28.2 Å². The molecule has 0 radical (unpaired) electrons. The number of carbonyl (C=O) groups is 2. The molecule has 1 heterocycles. The number of rotatable bonds is 4. The first kappa shape index (κ1) is 18.0. The summed E-state index contributed by atoms with van der Waals surface area (Å²) in [6.45, 7) is 4.72. The van der Waals surface area contributed by atoms with Crippen molar-refractivity contribution in [2.75, 3.05) is 13.1 Å². The lowest BCUT2D eigenvalue weighted by molar-refractivity contribution is -0.141. The first-order chi connectivity index (χ1) is 12.5. The van der Waals surface area contributed by atoms with Gasteiger partial charge in [0.05, 0.1) is 5.92 Å². The van der Waals surface area contributed by atoms with Gasteiger partial charge in [0.1, 0.15) is 6.61 Å². The normalized spacial score (nSPS) is 19.4. The Balaban J connectivity index is 1.73. The van der Waals surface area contributed by atoms with Gasteiger partial charge in [-0.25, -0.2) is 4.79 Å². The average molecular weight is 353 g/mol. The summed E-state index contributed by atoms with van der Waals surface area (Å²) in [7, 11) is 0. The number of ether oxygens (including phenoxy) is 1. The molecule has 2 aromatic rings. The van der Waals surface area contributed by atoms with E-state index < -0.39 is 18.0 Å². The van der Waals surface area contributed by atoms with E-state index in [9.17, 15) is 14.7 Å². The van der Waals surface area contributed by atoms with Crippen molar-refractivity contribution in [2.24, 2.45) is 5.92 Å². The number of carboxylic acids is 1. The summed E-state index contributed by atoms with van der Waals surface area (Å²) in [6, 6.07) is 15.3. The lowest BCUT2D eigenvalue weighted by Crippen LogP contribution is -2.30. The summed E-state index contributed by atoms with van der Waals surface area (Å²) in [5.74, 6) is -1.73. The molecule has 1 N–H and O–H groups in total. The first-order valence-corrected chi connectivity index (χ1v) is 8.72. The van der Waals surface area contributed by atoms with Crippen LogP contribution in [-0.2, 0) is 16.1 Å². The third kappa shape index (κ3) is 3.72. The van der Waals surface area contributed by atoms with Crippen LogP contribution in [-0.4, -0.2) is 35.2 Å². The number of hydrogen-bond acceptors (Lipinski definition) is 3. The SMILES string of the molecule is Cc1cccc([C@@H]2CN(C(=O)OCc3ccccc3)C[C@H]2C(=O)O)c1C. The Morgan fingerprint density at radius 2 is 1.81 bits per heavy atom. The Labute approximate surface area is 153 Å². The van der Waals surface area contributed by atoms with E-state index in [1.165, 1.54) is 4.90 Å². The molecule has 1 aliphatic heterocycles. The molecule has 0 saturated carbocycles. The van der Waals surface area contributed by atoms with Crippen molar-refractivity contribution in [3.8, 4) is 0 Å². The maximum absolute atomic E-state index is 12.4. The van der Waals surface area contributed by atoms with Crippen LogP contribution in [0.5, 0.6) is 0 Å². The van der Waals surface area contributed by atoms with Crippen LogP contribution in [0.4, 0.5) is 4.79 Å². The third-order valence-electron chi connectivity index (χ3n) is 5.15. The van der Waals surface area contributed by atoms with Gasteiger partial charge in [0, 0.05) is 19.0 Å². The van der Waals surface area contributed by atoms with Gasteiger partial charge < -0.3 is 14.7 Å². The maximum Gasteiger partial charge on any atom is 0.410 e. The minimum atomic E-state index is -0.880. The molecule has 1 amide bonds. The first-order valence-electron chi connectivity index (χ1n) is 8.72. The minimum Gasteiger partial charge on any atom is -0.481 e. The average Bonchev–Trinajstić information content (AvgIpc) is 3.08. The Hall–Kier alpha value is -2.82. The Kier molecular flexibility index (Phi) is 5.26. The van der Waals surface area contributed by atoms with Crippen LogP contribution in [0, 0.1) is 19.8 Å². The van der Waals surface area contributed by atoms with Crippen molar-refractivity contribution in [1.82, 2.24) is 4.90 Å². The zero-order chi connectivity index (χ0) is 18.7. The molecule has 2 aromatic carbocycles. The molecule has 1 saturated heterocycles. The predicted octanol–water partition coefficient (Wildman–Crippen LogP) is 3.74. The van der Waals surface area contributed by atoms with Gasteiger partial charge in [0.25, 0.3) is 0 Å². The van der Waals surface area contributed by atoms with Crippen molar-refractivity contribution in [3.05, 3.63) is 70.8 Å². The number of nitrogens with zero attached hydrogens (tertiary/aromatic N) is 1. The number of likely N-dealkylation sites (tertiary alicyclic amines) is 1. The minimum absolute atomic E-state index is 0.168. The van der Waals surface area contributed by atoms with Crippen molar-refractivity contribution in [2.45, 2.75) is 26.4 Å². The maximum atomic E-state index is 12.4. The van der Waals surface area contributed by atoms with Crippen LogP contribution in [0.25, 0.3) is 0 Å². The van der Waals surface area contributed by atoms with E-state index >= 15 is 0 Å². The molecule has 3 rings (SSSR count). The molecular weight excluding hydrogens is 330 g/mol. The second-order valence-corrected chi connectivity index (χ2v) is 6.79. The number of benzene rings is 2. The monoisotopic (exact) mass is 353 g/mol. The summed E-state index contributed by atoms with van der Waals surface area (Å²) < 4.78 is 5.37. The van der Waals surface area contributed by atoms with Gasteiger partial charge in [-0.05, 0) is 36.1 Å². The molecule has 0 aromatic heterocycles. The summed E-state index contributed by atoms with van der Waals surface area (Å²) in [5, 5.41) is 9.63. The van der Waals surface area contributed by atoms with Gasteiger partial charge in [-0.1, -0.05) is 48.5 Å². The summed E-state index contributed by atoms with van der Waals surface area (Å²) >= 11 is 0. The standard InChI is InChI=1S/C21H23NO4/c1-14-7-6-10-17(15(14)2)18-11-22(12-19(18)20(23)24)21(25)26-13-16-8-4-3-5-9-16/h3-10,18-19H,11-13H2,1-2H3,(H,23,24)/t18-,19+/m0/s1. The number of hydrogen-bond donors (Lipinski definition) is 1. The van der Waals surface area contributed by atoms with Gasteiger partial charge in [-0.2, -0.15) is 0 Å². The zero-order valence-corrected chi connectivity index (χ0v) is 15.0. The number of aryl methyl sites for hydroxylation is 1. The van der Waals surface area contributed by atoms with E-state index in [-0.39, 0.29) is 19.1 Å². The van der Waals surface area contributed by atoms with E-state index in [4.69, 9.17) is 4.74 Å². The number of aliphatic carboxylic acids is 1. The highest BCUT2D eigenvalue weighted by atomic mass is 16.6. The quantitative estimate of drug-likeness (QED) is 0.909. The van der Waals surface area contributed by atoms with E-state index in [2.05, 4.69) is 0 Å². The Morgan fingerprint density at radius 1 is 1.08 bits per heavy atom. The third-order valence-corrected chi connectivity index (χ3v) is 5.15. The van der Waals surface area contributed by atoms with Crippen molar-refractivity contribution in [3.63, 3.8) is 0 Å². The van der Waals surface area contributed by atoms with Gasteiger partial charge in [-0.15, -0.1) is 0 Å². The van der Waals surface area contributed by atoms with Crippen LogP contribution in [0.15, 0.2) is 48.5 Å².